The highest BCUT2D eigenvalue weighted by Crippen LogP contribution is 2.35. The lowest BCUT2D eigenvalue weighted by Gasteiger charge is -2.12. The summed E-state index contributed by atoms with van der Waals surface area (Å²) in [5.74, 6) is 0.0373. The number of hydrogen-bond acceptors (Lipinski definition) is 4. The number of hydrogen-bond donors (Lipinski definition) is 2. The Bertz CT molecular complexity index is 791. The first-order valence-corrected chi connectivity index (χ1v) is 8.70. The molecule has 0 aliphatic rings. The summed E-state index contributed by atoms with van der Waals surface area (Å²) in [5.41, 5.74) is 5.51. The van der Waals surface area contributed by atoms with Crippen molar-refractivity contribution in [2.45, 2.75) is 4.90 Å². The SMILES string of the molecule is Nc1ncc(S(=O)(=O)Nc2c(Cl)cc(Br)cc2Cl)cc1Cl. The quantitative estimate of drug-likeness (QED) is 0.763. The third-order valence-electron chi connectivity index (χ3n) is 2.40. The fraction of sp³-hybridized carbons (Fsp3) is 0. The lowest BCUT2D eigenvalue weighted by molar-refractivity contribution is 0.601. The molecule has 1 aromatic heterocycles. The number of nitrogens with one attached hydrogen (secondary N) is 1. The molecule has 1 heterocycles. The van der Waals surface area contributed by atoms with Crippen molar-refractivity contribution in [3.05, 3.63) is 43.9 Å². The van der Waals surface area contributed by atoms with Gasteiger partial charge in [-0.25, -0.2) is 13.4 Å². The average Bonchev–Trinajstić information content (AvgIpc) is 2.37. The van der Waals surface area contributed by atoms with Crippen LogP contribution in [0.4, 0.5) is 11.5 Å². The second-order valence-electron chi connectivity index (χ2n) is 3.89. The molecule has 112 valence electrons. The Balaban J connectivity index is 2.44. The number of sulfonamides is 1. The highest BCUT2D eigenvalue weighted by Gasteiger charge is 2.19. The van der Waals surface area contributed by atoms with Crippen LogP contribution in [-0.2, 0) is 10.0 Å². The molecule has 21 heavy (non-hydrogen) atoms. The van der Waals surface area contributed by atoms with Crippen LogP contribution < -0.4 is 10.5 Å². The highest BCUT2D eigenvalue weighted by molar-refractivity contribution is 9.10. The molecule has 0 unspecified atom stereocenters. The van der Waals surface area contributed by atoms with Crippen LogP contribution in [0, 0.1) is 0 Å². The molecule has 3 N–H and O–H groups in total. The maximum absolute atomic E-state index is 12.3. The fourth-order valence-corrected chi connectivity index (χ4v) is 4.13. The van der Waals surface area contributed by atoms with E-state index in [1.807, 2.05) is 0 Å². The van der Waals surface area contributed by atoms with E-state index in [0.717, 1.165) is 6.20 Å². The summed E-state index contributed by atoms with van der Waals surface area (Å²) in [7, 11) is -3.95. The maximum Gasteiger partial charge on any atom is 0.263 e. The van der Waals surface area contributed by atoms with Crippen molar-refractivity contribution in [1.29, 1.82) is 0 Å². The summed E-state index contributed by atoms with van der Waals surface area (Å²) in [4.78, 5) is 3.54. The molecule has 0 atom stereocenters. The van der Waals surface area contributed by atoms with Gasteiger partial charge in [0.25, 0.3) is 10.0 Å². The smallest absolute Gasteiger partial charge is 0.263 e. The molecule has 5 nitrogen and oxygen atoms in total. The van der Waals surface area contributed by atoms with Gasteiger partial charge in [0.15, 0.2) is 0 Å². The van der Waals surface area contributed by atoms with Crippen LogP contribution in [0.3, 0.4) is 0 Å². The molecular weight excluding hydrogens is 424 g/mol. The van der Waals surface area contributed by atoms with Crippen molar-refractivity contribution >= 4 is 72.3 Å². The second kappa shape index (κ2) is 6.18. The number of nitrogens with two attached hydrogens (primary N) is 1. The minimum absolute atomic E-state index is 0.0332. The molecule has 10 heteroatoms. The van der Waals surface area contributed by atoms with Crippen molar-refractivity contribution in [2.75, 3.05) is 10.5 Å². The Morgan fingerprint density at radius 3 is 2.19 bits per heavy atom. The molecule has 0 aliphatic carbocycles. The summed E-state index contributed by atoms with van der Waals surface area (Å²) in [6.45, 7) is 0. The number of nitrogens with zero attached hydrogens (tertiary/aromatic N) is 1. The molecule has 1 aromatic carbocycles. The molecular formula is C11H7BrCl3N3O2S. The Hall–Kier alpha value is -0.730. The van der Waals surface area contributed by atoms with Gasteiger partial charge in [-0.05, 0) is 18.2 Å². The first kappa shape index (κ1) is 16.6. The van der Waals surface area contributed by atoms with Crippen molar-refractivity contribution in [2.24, 2.45) is 0 Å². The average molecular weight is 432 g/mol. The van der Waals surface area contributed by atoms with Crippen LogP contribution in [-0.4, -0.2) is 13.4 Å². The standard InChI is InChI=1S/C11H7BrCl3N3O2S/c12-5-1-7(13)10(8(14)2-5)18-21(19,20)6-3-9(15)11(16)17-4-6/h1-4,18H,(H2,16,17). The predicted molar refractivity (Wildman–Crippen MR) is 88.6 cm³/mol. The van der Waals surface area contributed by atoms with Gasteiger partial charge >= 0.3 is 0 Å². The van der Waals surface area contributed by atoms with Gasteiger partial charge in [-0.2, -0.15) is 0 Å². The van der Waals surface area contributed by atoms with E-state index in [9.17, 15) is 8.42 Å². The van der Waals surface area contributed by atoms with Gasteiger partial charge in [0.1, 0.15) is 10.7 Å². The zero-order chi connectivity index (χ0) is 15.8. The number of rotatable bonds is 3. The zero-order valence-electron chi connectivity index (χ0n) is 10.1. The minimum atomic E-state index is -3.95. The van der Waals surface area contributed by atoms with Crippen LogP contribution >= 0.6 is 50.7 Å². The Morgan fingerprint density at radius 2 is 1.67 bits per heavy atom. The number of aromatic nitrogens is 1. The highest BCUT2D eigenvalue weighted by atomic mass is 79.9. The monoisotopic (exact) mass is 429 g/mol. The predicted octanol–water partition coefficient (Wildman–Crippen LogP) is 4.19. The Kier molecular flexibility index (Phi) is 4.89. The molecule has 0 spiro atoms. The molecule has 0 radical (unpaired) electrons. The molecule has 2 aromatic rings. The lowest BCUT2D eigenvalue weighted by atomic mass is 10.3. The van der Waals surface area contributed by atoms with E-state index < -0.39 is 10.0 Å². The topological polar surface area (TPSA) is 85.1 Å². The first-order chi connectivity index (χ1) is 9.70. The third-order valence-corrected chi connectivity index (χ3v) is 5.07. The van der Waals surface area contributed by atoms with Crippen molar-refractivity contribution in [1.82, 2.24) is 4.98 Å². The van der Waals surface area contributed by atoms with E-state index in [0.29, 0.717) is 4.47 Å². The van der Waals surface area contributed by atoms with E-state index >= 15 is 0 Å². The largest absolute Gasteiger partial charge is 0.382 e. The summed E-state index contributed by atoms with van der Waals surface area (Å²) < 4.78 is 27.5. The fourth-order valence-electron chi connectivity index (χ4n) is 1.41. The number of pyridine rings is 1. The lowest BCUT2D eigenvalue weighted by Crippen LogP contribution is -2.14. The van der Waals surface area contributed by atoms with Crippen molar-refractivity contribution < 1.29 is 8.42 Å². The molecule has 0 amide bonds. The number of benzene rings is 1. The van der Waals surface area contributed by atoms with Gasteiger partial charge in [0, 0.05) is 10.7 Å². The first-order valence-electron chi connectivity index (χ1n) is 5.29. The van der Waals surface area contributed by atoms with Gasteiger partial charge in [-0.15, -0.1) is 0 Å². The summed E-state index contributed by atoms with van der Waals surface area (Å²) in [5, 5.41) is 0.325. The minimum Gasteiger partial charge on any atom is -0.382 e. The third kappa shape index (κ3) is 3.73. The van der Waals surface area contributed by atoms with Crippen molar-refractivity contribution in [3.63, 3.8) is 0 Å². The van der Waals surface area contributed by atoms with Crippen LogP contribution in [0.25, 0.3) is 0 Å². The van der Waals surface area contributed by atoms with E-state index in [4.69, 9.17) is 40.5 Å². The molecule has 0 saturated heterocycles. The van der Waals surface area contributed by atoms with Gasteiger partial charge < -0.3 is 5.73 Å². The Labute approximate surface area is 144 Å². The summed E-state index contributed by atoms with van der Waals surface area (Å²) in [6.07, 6.45) is 1.09. The van der Waals surface area contributed by atoms with Gasteiger partial charge in [0.2, 0.25) is 0 Å². The van der Waals surface area contributed by atoms with E-state index in [-0.39, 0.29) is 31.5 Å². The van der Waals surface area contributed by atoms with Crippen molar-refractivity contribution in [3.8, 4) is 0 Å². The molecule has 0 fully saturated rings. The number of nitrogen functional groups attached to an aromatic ring is 1. The number of anilines is 2. The molecule has 2 rings (SSSR count). The maximum atomic E-state index is 12.3. The normalized spacial score (nSPS) is 11.4. The molecule has 0 saturated carbocycles. The molecule has 0 aliphatic heterocycles. The van der Waals surface area contributed by atoms with E-state index in [1.54, 1.807) is 0 Å². The van der Waals surface area contributed by atoms with Gasteiger partial charge in [-0.1, -0.05) is 50.7 Å². The van der Waals surface area contributed by atoms with Crippen LogP contribution in [0.1, 0.15) is 0 Å². The van der Waals surface area contributed by atoms with Crippen LogP contribution in [0.15, 0.2) is 33.8 Å². The van der Waals surface area contributed by atoms with Gasteiger partial charge in [0.05, 0.1) is 20.8 Å². The van der Waals surface area contributed by atoms with E-state index in [1.165, 1.54) is 18.2 Å². The van der Waals surface area contributed by atoms with Gasteiger partial charge in [-0.3, -0.25) is 4.72 Å². The summed E-state index contributed by atoms with van der Waals surface area (Å²) >= 11 is 20.9. The zero-order valence-corrected chi connectivity index (χ0v) is 14.7. The second-order valence-corrected chi connectivity index (χ2v) is 7.71. The van der Waals surface area contributed by atoms with Crippen LogP contribution in [0.5, 0.6) is 0 Å². The van der Waals surface area contributed by atoms with E-state index in [2.05, 4.69) is 25.6 Å². The number of halogens is 4. The molecule has 0 bridgehead atoms. The van der Waals surface area contributed by atoms with Crippen LogP contribution in [0.2, 0.25) is 15.1 Å². The summed E-state index contributed by atoms with van der Waals surface area (Å²) in [6, 6.07) is 4.21. The Morgan fingerprint density at radius 1 is 1.10 bits per heavy atom.